The Hall–Kier alpha value is -2.50. The van der Waals surface area contributed by atoms with Crippen LogP contribution in [0, 0.1) is 5.82 Å². The smallest absolute Gasteiger partial charge is 0.199 e. The predicted octanol–water partition coefficient (Wildman–Crippen LogP) is 5.07. The van der Waals surface area contributed by atoms with Crippen molar-refractivity contribution in [3.63, 3.8) is 0 Å². The number of nitrogens with zero attached hydrogens (tertiary/aromatic N) is 1. The van der Waals surface area contributed by atoms with Crippen LogP contribution < -0.4 is 0 Å². The molecule has 0 spiro atoms. The molecule has 0 saturated carbocycles. The molecule has 4 nitrogen and oxygen atoms in total. The van der Waals surface area contributed by atoms with Crippen LogP contribution in [0.4, 0.5) is 4.39 Å². The van der Waals surface area contributed by atoms with Gasteiger partial charge < -0.3 is 4.98 Å². The Balaban J connectivity index is 1.86. The number of rotatable bonds is 6. The fourth-order valence-corrected chi connectivity index (χ4v) is 3.18. The minimum absolute atomic E-state index is 0.0427. The lowest BCUT2D eigenvalue weighted by Crippen LogP contribution is -2.07. The summed E-state index contributed by atoms with van der Waals surface area (Å²) in [5.74, 6) is -1.73. The molecule has 0 bridgehead atoms. The molecule has 1 N–H and O–H groups in total. The van der Waals surface area contributed by atoms with E-state index in [1.54, 1.807) is 12.4 Å². The number of ketones is 2. The number of hydrogen-bond acceptors (Lipinski definition) is 3. The Morgan fingerprint density at radius 2 is 1.89 bits per heavy atom. The van der Waals surface area contributed by atoms with Gasteiger partial charge in [-0.15, -0.1) is 0 Å². The van der Waals surface area contributed by atoms with E-state index in [-0.39, 0.29) is 39.1 Å². The van der Waals surface area contributed by atoms with E-state index in [9.17, 15) is 14.0 Å². The maximum absolute atomic E-state index is 14.2. The van der Waals surface area contributed by atoms with E-state index >= 15 is 0 Å². The minimum atomic E-state index is -0.883. The Morgan fingerprint density at radius 3 is 2.63 bits per heavy atom. The van der Waals surface area contributed by atoms with Gasteiger partial charge in [0.05, 0.1) is 21.3 Å². The third-order valence-electron chi connectivity index (χ3n) is 4.25. The first kappa shape index (κ1) is 19.3. The fourth-order valence-electron chi connectivity index (χ4n) is 2.79. The van der Waals surface area contributed by atoms with Crippen LogP contribution in [-0.4, -0.2) is 21.5 Å². The molecule has 0 atom stereocenters. The van der Waals surface area contributed by atoms with Crippen molar-refractivity contribution in [2.45, 2.75) is 19.8 Å². The molecule has 1 aromatic carbocycles. The first-order chi connectivity index (χ1) is 12.9. The molecule has 0 saturated heterocycles. The lowest BCUT2D eigenvalue weighted by molar-refractivity contribution is 0.0988. The lowest BCUT2D eigenvalue weighted by atomic mass is 10.0. The second kappa shape index (κ2) is 8.03. The van der Waals surface area contributed by atoms with Crippen molar-refractivity contribution < 1.29 is 14.0 Å². The minimum Gasteiger partial charge on any atom is -0.358 e. The highest BCUT2D eigenvalue weighted by Crippen LogP contribution is 2.28. The fraction of sp³-hybridized carbons (Fsp3) is 0.150. The Kier molecular flexibility index (Phi) is 5.73. The predicted molar refractivity (Wildman–Crippen MR) is 102 cm³/mol. The lowest BCUT2D eigenvalue weighted by Gasteiger charge is -2.05. The first-order valence-electron chi connectivity index (χ1n) is 8.24. The van der Waals surface area contributed by atoms with Crippen LogP contribution in [0.25, 0.3) is 0 Å². The van der Waals surface area contributed by atoms with Crippen molar-refractivity contribution in [2.75, 3.05) is 0 Å². The van der Waals surface area contributed by atoms with Gasteiger partial charge in [-0.3, -0.25) is 14.6 Å². The number of H-pyrrole nitrogens is 1. The number of Topliss-reactive ketones (excluding diaryl/α,β-unsaturated/α-hetero) is 1. The summed E-state index contributed by atoms with van der Waals surface area (Å²) in [6, 6.07) is 5.90. The summed E-state index contributed by atoms with van der Waals surface area (Å²) in [5, 5.41) is -0.239. The Bertz CT molecular complexity index is 1030. The Morgan fingerprint density at radius 1 is 1.15 bits per heavy atom. The van der Waals surface area contributed by atoms with E-state index < -0.39 is 11.6 Å². The molecule has 0 aliphatic heterocycles. The highest BCUT2D eigenvalue weighted by atomic mass is 35.5. The highest BCUT2D eigenvalue weighted by Gasteiger charge is 2.22. The van der Waals surface area contributed by atoms with E-state index in [0.29, 0.717) is 0 Å². The van der Waals surface area contributed by atoms with Gasteiger partial charge in [-0.2, -0.15) is 0 Å². The average molecular weight is 405 g/mol. The van der Waals surface area contributed by atoms with Crippen molar-refractivity contribution in [3.8, 4) is 0 Å². The molecule has 3 aromatic rings. The van der Waals surface area contributed by atoms with Crippen molar-refractivity contribution in [1.29, 1.82) is 0 Å². The molecule has 3 rings (SSSR count). The Labute approximate surface area is 165 Å². The maximum Gasteiger partial charge on any atom is 0.199 e. The van der Waals surface area contributed by atoms with E-state index in [2.05, 4.69) is 9.97 Å². The van der Waals surface area contributed by atoms with Crippen LogP contribution in [0.15, 0.2) is 42.9 Å². The summed E-state index contributed by atoms with van der Waals surface area (Å²) in [7, 11) is 0. The number of pyridine rings is 1. The summed E-state index contributed by atoms with van der Waals surface area (Å²) in [5.41, 5.74) is 1.93. The van der Waals surface area contributed by atoms with Crippen molar-refractivity contribution in [3.05, 3.63) is 86.7 Å². The number of carbonyl (C=O) groups excluding carboxylic acids is 2. The van der Waals surface area contributed by atoms with Gasteiger partial charge in [0.15, 0.2) is 17.4 Å². The summed E-state index contributed by atoms with van der Waals surface area (Å²) < 4.78 is 14.2. The van der Waals surface area contributed by atoms with Crippen molar-refractivity contribution in [2.24, 2.45) is 0 Å². The van der Waals surface area contributed by atoms with Gasteiger partial charge in [0.2, 0.25) is 0 Å². The van der Waals surface area contributed by atoms with Crippen molar-refractivity contribution in [1.82, 2.24) is 9.97 Å². The van der Waals surface area contributed by atoms with E-state index in [4.69, 9.17) is 23.2 Å². The molecule has 0 unspecified atom stereocenters. The largest absolute Gasteiger partial charge is 0.358 e. The van der Waals surface area contributed by atoms with Crippen LogP contribution in [0.3, 0.4) is 0 Å². The average Bonchev–Trinajstić information content (AvgIpc) is 3.16. The molecule has 0 amide bonds. The van der Waals surface area contributed by atoms with Gasteiger partial charge >= 0.3 is 0 Å². The quantitative estimate of drug-likeness (QED) is 0.460. The SMILES string of the molecule is CCc1ccncc1CC(=O)c1cc(C(=O)c2c(Cl)ccc(Cl)c2F)c[nH]1. The number of nitrogens with one attached hydrogen (secondary N) is 1. The van der Waals surface area contributed by atoms with Crippen LogP contribution in [-0.2, 0) is 12.8 Å². The van der Waals surface area contributed by atoms with E-state index in [1.165, 1.54) is 24.4 Å². The zero-order valence-electron chi connectivity index (χ0n) is 14.4. The zero-order valence-corrected chi connectivity index (χ0v) is 15.9. The normalized spacial score (nSPS) is 10.8. The third kappa shape index (κ3) is 3.94. The van der Waals surface area contributed by atoms with Gasteiger partial charge in [0.25, 0.3) is 0 Å². The van der Waals surface area contributed by atoms with Gasteiger partial charge in [-0.25, -0.2) is 4.39 Å². The molecule has 138 valence electrons. The van der Waals surface area contributed by atoms with E-state index in [0.717, 1.165) is 17.5 Å². The highest BCUT2D eigenvalue weighted by molar-refractivity contribution is 6.37. The van der Waals surface area contributed by atoms with Crippen LogP contribution in [0.5, 0.6) is 0 Å². The number of halogens is 3. The molecule has 0 radical (unpaired) electrons. The van der Waals surface area contributed by atoms with Gasteiger partial charge in [-0.1, -0.05) is 30.1 Å². The molecule has 2 heterocycles. The number of aryl methyl sites for hydroxylation is 1. The molecule has 2 aromatic heterocycles. The van der Waals surface area contributed by atoms with Crippen LogP contribution in [0.1, 0.15) is 44.5 Å². The standard InChI is InChI=1S/C20H15Cl2FN2O2/c1-2-11-5-6-24-9-12(11)8-17(26)16-7-13(10-25-16)20(27)18-14(21)3-4-15(22)19(18)23/h3-7,9-10,25H,2,8H2,1H3. The molecule has 0 fully saturated rings. The summed E-state index contributed by atoms with van der Waals surface area (Å²) >= 11 is 11.7. The second-order valence-electron chi connectivity index (χ2n) is 5.95. The van der Waals surface area contributed by atoms with Gasteiger partial charge in [-0.05, 0) is 41.8 Å². The number of aromatic amines is 1. The third-order valence-corrected chi connectivity index (χ3v) is 4.86. The number of hydrogen-bond donors (Lipinski definition) is 1. The van der Waals surface area contributed by atoms with Crippen LogP contribution in [0.2, 0.25) is 10.0 Å². The maximum atomic E-state index is 14.2. The number of aromatic nitrogens is 2. The molecular formula is C20H15Cl2FN2O2. The van der Waals surface area contributed by atoms with Crippen molar-refractivity contribution >= 4 is 34.8 Å². The number of carbonyl (C=O) groups is 2. The molecule has 0 aliphatic carbocycles. The molecule has 27 heavy (non-hydrogen) atoms. The molecule has 0 aliphatic rings. The summed E-state index contributed by atoms with van der Waals surface area (Å²) in [6.45, 7) is 2.00. The second-order valence-corrected chi connectivity index (χ2v) is 6.76. The summed E-state index contributed by atoms with van der Waals surface area (Å²) in [6.07, 6.45) is 5.63. The molecular weight excluding hydrogens is 390 g/mol. The first-order valence-corrected chi connectivity index (χ1v) is 8.99. The molecule has 7 heteroatoms. The zero-order chi connectivity index (χ0) is 19.6. The topological polar surface area (TPSA) is 62.8 Å². The summed E-state index contributed by atoms with van der Waals surface area (Å²) in [4.78, 5) is 32.0. The van der Waals surface area contributed by atoms with Crippen LogP contribution >= 0.6 is 23.2 Å². The van der Waals surface area contributed by atoms with Gasteiger partial charge in [0, 0.05) is 30.6 Å². The van der Waals surface area contributed by atoms with Gasteiger partial charge in [0.1, 0.15) is 0 Å². The van der Waals surface area contributed by atoms with E-state index in [1.807, 2.05) is 13.0 Å². The monoisotopic (exact) mass is 404 g/mol. The number of benzene rings is 1.